The second-order valence-corrected chi connectivity index (χ2v) is 5.30. The van der Waals surface area contributed by atoms with Crippen LogP contribution >= 0.6 is 11.6 Å². The quantitative estimate of drug-likeness (QED) is 0.869. The third-order valence-electron chi connectivity index (χ3n) is 3.37. The highest BCUT2D eigenvalue weighted by Crippen LogP contribution is 2.25. The zero-order valence-corrected chi connectivity index (χ0v) is 12.6. The summed E-state index contributed by atoms with van der Waals surface area (Å²) in [5.41, 5.74) is -0.106. The van der Waals surface area contributed by atoms with Crippen molar-refractivity contribution in [2.45, 2.75) is 25.5 Å². The third-order valence-corrected chi connectivity index (χ3v) is 3.65. The molecule has 0 spiro atoms. The highest BCUT2D eigenvalue weighted by molar-refractivity contribution is 6.32. The predicted octanol–water partition coefficient (Wildman–Crippen LogP) is 2.21. The summed E-state index contributed by atoms with van der Waals surface area (Å²) in [6.45, 7) is -2.44. The van der Waals surface area contributed by atoms with E-state index in [0.717, 1.165) is 12.3 Å². The van der Waals surface area contributed by atoms with Crippen LogP contribution in [0.2, 0.25) is 5.02 Å². The van der Waals surface area contributed by atoms with Crippen molar-refractivity contribution in [1.82, 2.24) is 15.2 Å². The number of nitrogens with one attached hydrogen (secondary N) is 1. The molecule has 2 rings (SSSR count). The Morgan fingerprint density at radius 3 is 2.65 bits per heavy atom. The number of aromatic nitrogens is 1. The van der Waals surface area contributed by atoms with Crippen molar-refractivity contribution >= 4 is 23.6 Å². The van der Waals surface area contributed by atoms with Crippen molar-refractivity contribution in [2.24, 2.45) is 0 Å². The minimum Gasteiger partial charge on any atom is -0.465 e. The first-order valence-electron chi connectivity index (χ1n) is 6.76. The van der Waals surface area contributed by atoms with Crippen molar-refractivity contribution in [2.75, 3.05) is 13.1 Å². The van der Waals surface area contributed by atoms with Gasteiger partial charge in [-0.25, -0.2) is 9.78 Å². The van der Waals surface area contributed by atoms with E-state index in [1.807, 2.05) is 0 Å². The van der Waals surface area contributed by atoms with Crippen molar-refractivity contribution in [3.8, 4) is 5.75 Å². The molecule has 2 amide bonds. The van der Waals surface area contributed by atoms with Crippen LogP contribution in [-0.2, 0) is 0 Å². The van der Waals surface area contributed by atoms with E-state index >= 15 is 0 Å². The van der Waals surface area contributed by atoms with Crippen LogP contribution in [0, 0.1) is 0 Å². The van der Waals surface area contributed by atoms with Gasteiger partial charge in [0.15, 0.2) is 0 Å². The van der Waals surface area contributed by atoms with Gasteiger partial charge in [-0.15, -0.1) is 0 Å². The molecule has 1 aromatic rings. The van der Waals surface area contributed by atoms with E-state index in [2.05, 4.69) is 15.0 Å². The summed E-state index contributed by atoms with van der Waals surface area (Å²) < 4.78 is 28.7. The van der Waals surface area contributed by atoms with Crippen LogP contribution in [0.15, 0.2) is 12.3 Å². The normalized spacial score (nSPS) is 15.6. The Morgan fingerprint density at radius 1 is 1.43 bits per heavy atom. The van der Waals surface area contributed by atoms with E-state index in [1.54, 1.807) is 0 Å². The number of pyridine rings is 1. The number of amides is 2. The number of likely N-dealkylation sites (tertiary alicyclic amines) is 1. The first kappa shape index (κ1) is 17.2. The summed E-state index contributed by atoms with van der Waals surface area (Å²) >= 11 is 5.67. The van der Waals surface area contributed by atoms with Gasteiger partial charge < -0.3 is 20.1 Å². The minimum atomic E-state index is -3.06. The Morgan fingerprint density at radius 2 is 2.09 bits per heavy atom. The van der Waals surface area contributed by atoms with Gasteiger partial charge in [0.25, 0.3) is 5.91 Å². The fourth-order valence-corrected chi connectivity index (χ4v) is 2.35. The lowest BCUT2D eigenvalue weighted by atomic mass is 10.1. The van der Waals surface area contributed by atoms with Gasteiger partial charge in [-0.3, -0.25) is 4.79 Å². The van der Waals surface area contributed by atoms with Crippen molar-refractivity contribution in [3.05, 3.63) is 23.0 Å². The van der Waals surface area contributed by atoms with Crippen LogP contribution in [0.25, 0.3) is 0 Å². The van der Waals surface area contributed by atoms with E-state index in [-0.39, 0.29) is 22.5 Å². The summed E-state index contributed by atoms with van der Waals surface area (Å²) in [5.74, 6) is -0.892. The van der Waals surface area contributed by atoms with Gasteiger partial charge in [0.1, 0.15) is 16.5 Å². The molecule has 1 aliphatic heterocycles. The Balaban J connectivity index is 1.97. The highest BCUT2D eigenvalue weighted by atomic mass is 35.5. The van der Waals surface area contributed by atoms with Crippen LogP contribution in [0.1, 0.15) is 23.3 Å². The Kier molecular flexibility index (Phi) is 5.54. The monoisotopic (exact) mass is 349 g/mol. The van der Waals surface area contributed by atoms with Gasteiger partial charge in [-0.05, 0) is 12.8 Å². The molecule has 0 atom stereocenters. The molecule has 1 fully saturated rings. The number of hydrogen-bond acceptors (Lipinski definition) is 4. The first-order chi connectivity index (χ1) is 10.9. The zero-order chi connectivity index (χ0) is 17.0. The molecule has 1 aliphatic rings. The van der Waals surface area contributed by atoms with Crippen LogP contribution < -0.4 is 10.1 Å². The lowest BCUT2D eigenvalue weighted by Gasteiger charge is -2.30. The molecule has 7 nitrogen and oxygen atoms in total. The number of piperidine rings is 1. The van der Waals surface area contributed by atoms with Gasteiger partial charge in [-0.1, -0.05) is 11.6 Å². The number of carbonyl (C=O) groups is 2. The van der Waals surface area contributed by atoms with Gasteiger partial charge in [0.2, 0.25) is 0 Å². The molecule has 10 heteroatoms. The molecular weight excluding hydrogens is 336 g/mol. The summed E-state index contributed by atoms with van der Waals surface area (Å²) in [4.78, 5) is 27.9. The minimum absolute atomic E-state index is 0.106. The SMILES string of the molecule is O=C(NC1CCN(C(=O)O)CC1)c1cc(OC(F)F)c(Cl)cn1. The Labute approximate surface area is 135 Å². The molecule has 2 N–H and O–H groups in total. The number of rotatable bonds is 4. The number of hydrogen-bond donors (Lipinski definition) is 2. The summed E-state index contributed by atoms with van der Waals surface area (Å²) in [6, 6.07) is 0.825. The maximum Gasteiger partial charge on any atom is 0.407 e. The molecule has 126 valence electrons. The number of alkyl halides is 2. The lowest BCUT2D eigenvalue weighted by Crippen LogP contribution is -2.46. The smallest absolute Gasteiger partial charge is 0.407 e. The predicted molar refractivity (Wildman–Crippen MR) is 76.0 cm³/mol. The summed E-state index contributed by atoms with van der Waals surface area (Å²) in [5, 5.41) is 11.4. The van der Waals surface area contributed by atoms with Gasteiger partial charge in [-0.2, -0.15) is 8.78 Å². The van der Waals surface area contributed by atoms with Gasteiger partial charge in [0.05, 0.1) is 6.20 Å². The topological polar surface area (TPSA) is 91.8 Å². The van der Waals surface area contributed by atoms with Gasteiger partial charge >= 0.3 is 12.7 Å². The fourth-order valence-electron chi connectivity index (χ4n) is 2.21. The van der Waals surface area contributed by atoms with Crippen LogP contribution in [0.4, 0.5) is 13.6 Å². The summed E-state index contributed by atoms with van der Waals surface area (Å²) in [6.07, 6.45) is 0.988. The second-order valence-electron chi connectivity index (χ2n) is 4.90. The van der Waals surface area contributed by atoms with E-state index in [9.17, 15) is 18.4 Å². The number of carbonyl (C=O) groups excluding carboxylic acids is 1. The molecule has 2 heterocycles. The molecule has 0 saturated carbocycles. The average Bonchev–Trinajstić information content (AvgIpc) is 2.49. The second kappa shape index (κ2) is 7.40. The zero-order valence-electron chi connectivity index (χ0n) is 11.8. The third kappa shape index (κ3) is 4.65. The molecule has 1 saturated heterocycles. The lowest BCUT2D eigenvalue weighted by molar-refractivity contribution is -0.0498. The number of ether oxygens (including phenoxy) is 1. The maximum atomic E-state index is 12.3. The van der Waals surface area contributed by atoms with Crippen LogP contribution in [-0.4, -0.2) is 52.7 Å². The average molecular weight is 350 g/mol. The Bertz CT molecular complexity index is 595. The van der Waals surface area contributed by atoms with Crippen molar-refractivity contribution < 1.29 is 28.2 Å². The van der Waals surface area contributed by atoms with E-state index in [1.165, 1.54) is 4.90 Å². The first-order valence-corrected chi connectivity index (χ1v) is 7.13. The largest absolute Gasteiger partial charge is 0.465 e. The van der Waals surface area contributed by atoms with E-state index in [4.69, 9.17) is 16.7 Å². The van der Waals surface area contributed by atoms with E-state index in [0.29, 0.717) is 25.9 Å². The number of carboxylic acid groups (broad SMARTS) is 1. The van der Waals surface area contributed by atoms with Crippen molar-refractivity contribution in [3.63, 3.8) is 0 Å². The highest BCUT2D eigenvalue weighted by Gasteiger charge is 2.24. The molecule has 0 aromatic carbocycles. The molecular formula is C13H14ClF2N3O4. The molecule has 0 aliphatic carbocycles. The standard InChI is InChI=1S/C13H14ClF2N3O4/c14-8-6-17-9(5-10(8)23-12(15)16)11(20)18-7-1-3-19(4-2-7)13(21)22/h5-7,12H,1-4H2,(H,18,20)(H,21,22). The molecule has 0 bridgehead atoms. The molecule has 23 heavy (non-hydrogen) atoms. The van der Waals surface area contributed by atoms with E-state index < -0.39 is 18.6 Å². The molecule has 0 unspecified atom stereocenters. The van der Waals surface area contributed by atoms with Crippen molar-refractivity contribution in [1.29, 1.82) is 0 Å². The Hall–Kier alpha value is -2.16. The van der Waals surface area contributed by atoms with Crippen LogP contribution in [0.5, 0.6) is 5.75 Å². The van der Waals surface area contributed by atoms with Gasteiger partial charge in [0, 0.05) is 25.2 Å². The molecule has 0 radical (unpaired) electrons. The van der Waals surface area contributed by atoms with Crippen LogP contribution in [0.3, 0.4) is 0 Å². The summed E-state index contributed by atoms with van der Waals surface area (Å²) in [7, 11) is 0. The number of nitrogens with zero attached hydrogens (tertiary/aromatic N) is 2. The maximum absolute atomic E-state index is 12.3. The fraction of sp³-hybridized carbons (Fsp3) is 0.462. The molecule has 1 aromatic heterocycles. The number of halogens is 3.